The Bertz CT molecular complexity index is 1200. The number of nitrogens with zero attached hydrogens (tertiary/aromatic N) is 4. The van der Waals surface area contributed by atoms with Gasteiger partial charge in [0.1, 0.15) is 6.54 Å². The van der Waals surface area contributed by atoms with Gasteiger partial charge in [-0.1, -0.05) is 60.1 Å². The molecule has 3 aromatic rings. The number of aryl methyl sites for hydroxylation is 1. The lowest BCUT2D eigenvalue weighted by Crippen LogP contribution is -2.40. The number of thioether (sulfide) groups is 1. The molecular formula is C23H24Cl2N6O3S2. The highest BCUT2D eigenvalue weighted by atomic mass is 35.5. The van der Waals surface area contributed by atoms with Gasteiger partial charge in [0, 0.05) is 18.4 Å². The molecule has 2 N–H and O–H groups in total. The molecule has 1 aromatic heterocycles. The summed E-state index contributed by atoms with van der Waals surface area (Å²) in [5, 5.41) is 18.5. The molecule has 3 rings (SSSR count). The molecule has 13 heteroatoms. The van der Waals surface area contributed by atoms with E-state index in [4.69, 9.17) is 23.2 Å². The summed E-state index contributed by atoms with van der Waals surface area (Å²) in [6.45, 7) is 3.14. The van der Waals surface area contributed by atoms with Crippen molar-refractivity contribution >= 4 is 69.3 Å². The number of rotatable bonds is 11. The first kappa shape index (κ1) is 28.0. The maximum Gasteiger partial charge on any atom is 0.279 e. The Morgan fingerprint density at radius 1 is 1.08 bits per heavy atom. The number of carbonyl (C=O) groups excluding carboxylic acids is 3. The molecule has 0 saturated carbocycles. The van der Waals surface area contributed by atoms with Crippen LogP contribution >= 0.6 is 46.7 Å². The number of hydrogen-bond acceptors (Lipinski definition) is 8. The molecule has 0 saturated heterocycles. The van der Waals surface area contributed by atoms with E-state index in [1.165, 1.54) is 11.7 Å². The van der Waals surface area contributed by atoms with Crippen LogP contribution in [0.4, 0.5) is 10.5 Å². The Balaban J connectivity index is 1.46. The molecule has 190 valence electrons. The molecule has 2 aromatic carbocycles. The molecule has 9 nitrogen and oxygen atoms in total. The normalized spacial score (nSPS) is 11.7. The number of amides is 2. The Morgan fingerprint density at radius 3 is 2.42 bits per heavy atom. The van der Waals surface area contributed by atoms with Crippen LogP contribution in [0.15, 0.2) is 52.5 Å². The van der Waals surface area contributed by atoms with Crippen molar-refractivity contribution in [3.05, 3.63) is 58.1 Å². The maximum absolute atomic E-state index is 12.7. The Kier molecular flexibility index (Phi) is 10.6. The van der Waals surface area contributed by atoms with Gasteiger partial charge in [0.05, 0.1) is 21.0 Å². The van der Waals surface area contributed by atoms with Gasteiger partial charge in [0.15, 0.2) is 5.78 Å². The molecule has 0 aliphatic heterocycles. The van der Waals surface area contributed by atoms with Crippen LogP contribution in [-0.4, -0.2) is 48.9 Å². The molecule has 2 amide bonds. The van der Waals surface area contributed by atoms with Crippen LogP contribution in [0.1, 0.15) is 25.8 Å². The third kappa shape index (κ3) is 8.51. The standard InChI is InChI=1S/C23H24Cl2N6O3S2/c1-3-19(27-23(34)35-12-11-15-7-9-16(10-8-15)26-14(2)32)20(33)13-31-29-22(28-30-31)36-21-17(24)5-4-6-18(21)25/h4-10,19H,3,11-13H2,1-2H3,(H,26,32)(H,27,34). The first-order chi connectivity index (χ1) is 17.2. The fraction of sp³-hybridized carbons (Fsp3) is 0.304. The van der Waals surface area contributed by atoms with Crippen molar-refractivity contribution in [1.82, 2.24) is 25.5 Å². The smallest absolute Gasteiger partial charge is 0.279 e. The summed E-state index contributed by atoms with van der Waals surface area (Å²) in [6, 6.07) is 11.9. The molecule has 0 radical (unpaired) electrons. The van der Waals surface area contributed by atoms with Crippen molar-refractivity contribution in [3.63, 3.8) is 0 Å². The van der Waals surface area contributed by atoms with Crippen LogP contribution in [-0.2, 0) is 22.6 Å². The fourth-order valence-corrected chi connectivity index (χ4v) is 5.17. The fourth-order valence-electron chi connectivity index (χ4n) is 3.07. The maximum atomic E-state index is 12.7. The van der Waals surface area contributed by atoms with Gasteiger partial charge in [0.2, 0.25) is 11.1 Å². The number of benzene rings is 2. The first-order valence-corrected chi connectivity index (χ1v) is 13.5. The van der Waals surface area contributed by atoms with E-state index in [0.717, 1.165) is 34.8 Å². The van der Waals surface area contributed by atoms with Gasteiger partial charge in [0.25, 0.3) is 5.24 Å². The number of Topliss-reactive ketones (excluding diaryl/α,β-unsaturated/α-hetero) is 1. The molecule has 0 spiro atoms. The molecule has 0 aliphatic carbocycles. The average molecular weight is 568 g/mol. The van der Waals surface area contributed by atoms with E-state index < -0.39 is 6.04 Å². The first-order valence-electron chi connectivity index (χ1n) is 11.0. The van der Waals surface area contributed by atoms with Crippen molar-refractivity contribution in [3.8, 4) is 0 Å². The number of hydrogen-bond donors (Lipinski definition) is 2. The lowest BCUT2D eigenvalue weighted by molar-refractivity contribution is -0.121. The number of tetrazole rings is 1. The Hall–Kier alpha value is -2.60. The zero-order chi connectivity index (χ0) is 26.1. The predicted molar refractivity (Wildman–Crippen MR) is 143 cm³/mol. The lowest BCUT2D eigenvalue weighted by atomic mass is 10.1. The number of aromatic nitrogens is 4. The summed E-state index contributed by atoms with van der Waals surface area (Å²) in [5.74, 6) is 0.187. The monoisotopic (exact) mass is 566 g/mol. The SMILES string of the molecule is CCC(NC(=O)SCCc1ccc(NC(C)=O)cc1)C(=O)Cn1nnc(Sc2c(Cl)cccc2Cl)n1. The molecule has 0 bridgehead atoms. The summed E-state index contributed by atoms with van der Waals surface area (Å²) in [5.41, 5.74) is 1.76. The zero-order valence-corrected chi connectivity index (χ0v) is 22.7. The van der Waals surface area contributed by atoms with Crippen molar-refractivity contribution in [2.45, 2.75) is 49.3 Å². The number of anilines is 1. The van der Waals surface area contributed by atoms with E-state index in [1.54, 1.807) is 18.2 Å². The largest absolute Gasteiger partial charge is 0.337 e. The van der Waals surface area contributed by atoms with Gasteiger partial charge in [-0.2, -0.15) is 4.80 Å². The molecule has 1 atom stereocenters. The van der Waals surface area contributed by atoms with E-state index >= 15 is 0 Å². The van der Waals surface area contributed by atoms with Crippen LogP contribution in [0.25, 0.3) is 0 Å². The summed E-state index contributed by atoms with van der Waals surface area (Å²) in [6.07, 6.45) is 1.10. The highest BCUT2D eigenvalue weighted by Crippen LogP contribution is 2.36. The minimum absolute atomic E-state index is 0.129. The van der Waals surface area contributed by atoms with Gasteiger partial charge in [-0.25, -0.2) is 0 Å². The molecular weight excluding hydrogens is 543 g/mol. The third-order valence-electron chi connectivity index (χ3n) is 4.83. The van der Waals surface area contributed by atoms with Crippen LogP contribution in [0, 0.1) is 0 Å². The third-order valence-corrected chi connectivity index (χ3v) is 7.46. The van der Waals surface area contributed by atoms with Crippen LogP contribution in [0.5, 0.6) is 0 Å². The van der Waals surface area contributed by atoms with E-state index in [0.29, 0.717) is 38.7 Å². The van der Waals surface area contributed by atoms with Crippen LogP contribution in [0.3, 0.4) is 0 Å². The summed E-state index contributed by atoms with van der Waals surface area (Å²) >= 11 is 14.6. The van der Waals surface area contributed by atoms with Gasteiger partial charge in [-0.05, 0) is 59.6 Å². The van der Waals surface area contributed by atoms with Crippen LogP contribution in [0.2, 0.25) is 10.0 Å². The number of halogens is 2. The topological polar surface area (TPSA) is 119 Å². The van der Waals surface area contributed by atoms with E-state index in [9.17, 15) is 14.4 Å². The Labute approximate surface area is 227 Å². The molecule has 0 fully saturated rings. The number of nitrogens with one attached hydrogen (secondary N) is 2. The lowest BCUT2D eigenvalue weighted by Gasteiger charge is -2.15. The summed E-state index contributed by atoms with van der Waals surface area (Å²) < 4.78 is 0. The quantitative estimate of drug-likeness (QED) is 0.328. The van der Waals surface area contributed by atoms with E-state index in [1.807, 2.05) is 31.2 Å². The van der Waals surface area contributed by atoms with Crippen molar-refractivity contribution in [2.24, 2.45) is 0 Å². The molecule has 36 heavy (non-hydrogen) atoms. The van der Waals surface area contributed by atoms with E-state index in [2.05, 4.69) is 26.0 Å². The second-order valence-electron chi connectivity index (χ2n) is 7.59. The second-order valence-corrected chi connectivity index (χ2v) is 10.5. The van der Waals surface area contributed by atoms with Gasteiger partial charge >= 0.3 is 0 Å². The number of carbonyl (C=O) groups is 3. The minimum atomic E-state index is -0.665. The minimum Gasteiger partial charge on any atom is -0.337 e. The highest BCUT2D eigenvalue weighted by Gasteiger charge is 2.21. The average Bonchev–Trinajstić information content (AvgIpc) is 3.27. The summed E-state index contributed by atoms with van der Waals surface area (Å²) in [7, 11) is 0. The second kappa shape index (κ2) is 13.6. The van der Waals surface area contributed by atoms with Crippen molar-refractivity contribution in [2.75, 3.05) is 11.1 Å². The van der Waals surface area contributed by atoms with Crippen LogP contribution < -0.4 is 10.6 Å². The van der Waals surface area contributed by atoms with Gasteiger partial charge in [-0.15, -0.1) is 10.2 Å². The number of ketones is 1. The highest BCUT2D eigenvalue weighted by molar-refractivity contribution is 8.13. The van der Waals surface area contributed by atoms with Crippen molar-refractivity contribution < 1.29 is 14.4 Å². The molecule has 1 heterocycles. The van der Waals surface area contributed by atoms with E-state index in [-0.39, 0.29) is 23.5 Å². The Morgan fingerprint density at radius 2 is 1.78 bits per heavy atom. The predicted octanol–water partition coefficient (Wildman–Crippen LogP) is 5.12. The zero-order valence-electron chi connectivity index (χ0n) is 19.5. The van der Waals surface area contributed by atoms with Crippen molar-refractivity contribution in [1.29, 1.82) is 0 Å². The van der Waals surface area contributed by atoms with Gasteiger partial charge in [-0.3, -0.25) is 14.4 Å². The molecule has 1 unspecified atom stereocenters. The van der Waals surface area contributed by atoms with Gasteiger partial charge < -0.3 is 10.6 Å². The molecule has 0 aliphatic rings. The summed E-state index contributed by atoms with van der Waals surface area (Å²) in [4.78, 5) is 38.0.